The first kappa shape index (κ1) is 23.9. The molecule has 4 nitrogen and oxygen atoms in total. The standard InChI is InChI=1S/C18H32Br2O4/c1-3-23-17(21)15(19)13-11-9-7-5-6-8-10-12-14-16(20)18(22)24-4-2/h15-16H,3-14H2,1-2H3. The van der Waals surface area contributed by atoms with E-state index in [2.05, 4.69) is 31.9 Å². The average Bonchev–Trinajstić information content (AvgIpc) is 2.56. The highest BCUT2D eigenvalue weighted by Gasteiger charge is 2.15. The summed E-state index contributed by atoms with van der Waals surface area (Å²) in [5, 5.41) is 0. The summed E-state index contributed by atoms with van der Waals surface area (Å²) in [6.07, 6.45) is 11.0. The summed E-state index contributed by atoms with van der Waals surface area (Å²) in [5.74, 6) is -0.296. The SMILES string of the molecule is CCOC(=O)C(Br)CCCCCCCCCCC(Br)C(=O)OCC. The van der Waals surface area contributed by atoms with Gasteiger partial charge in [0.2, 0.25) is 0 Å². The molecule has 0 aliphatic heterocycles. The van der Waals surface area contributed by atoms with Gasteiger partial charge in [-0.25, -0.2) is 0 Å². The second kappa shape index (κ2) is 16.4. The molecule has 142 valence electrons. The number of carbonyl (C=O) groups excluding carboxylic acids is 2. The molecule has 0 amide bonds. The Hall–Kier alpha value is -0.100. The van der Waals surface area contributed by atoms with E-state index in [4.69, 9.17) is 9.47 Å². The Balaban J connectivity index is 3.37. The number of hydrogen-bond acceptors (Lipinski definition) is 4. The zero-order valence-electron chi connectivity index (χ0n) is 15.0. The fourth-order valence-corrected chi connectivity index (χ4v) is 3.32. The van der Waals surface area contributed by atoms with E-state index in [-0.39, 0.29) is 21.6 Å². The third-order valence-electron chi connectivity index (χ3n) is 3.75. The minimum Gasteiger partial charge on any atom is -0.465 e. The quantitative estimate of drug-likeness (QED) is 0.179. The van der Waals surface area contributed by atoms with E-state index in [1.165, 1.54) is 25.7 Å². The lowest BCUT2D eigenvalue weighted by molar-refractivity contribution is -0.143. The Kier molecular flexibility index (Phi) is 16.3. The third kappa shape index (κ3) is 13.2. The third-order valence-corrected chi connectivity index (χ3v) is 5.41. The van der Waals surface area contributed by atoms with Gasteiger partial charge in [0, 0.05) is 0 Å². The summed E-state index contributed by atoms with van der Waals surface area (Å²) in [6.45, 7) is 4.53. The second-order valence-electron chi connectivity index (χ2n) is 5.84. The highest BCUT2D eigenvalue weighted by molar-refractivity contribution is 9.10. The first-order valence-electron chi connectivity index (χ1n) is 9.14. The maximum atomic E-state index is 11.4. The molecule has 0 aromatic rings. The van der Waals surface area contributed by atoms with Crippen molar-refractivity contribution >= 4 is 43.8 Å². The summed E-state index contributed by atoms with van der Waals surface area (Å²) in [7, 11) is 0. The van der Waals surface area contributed by atoms with Crippen molar-refractivity contribution in [1.82, 2.24) is 0 Å². The van der Waals surface area contributed by atoms with E-state index in [9.17, 15) is 9.59 Å². The Morgan fingerprint density at radius 1 is 0.667 bits per heavy atom. The maximum Gasteiger partial charge on any atom is 0.319 e. The molecule has 0 bridgehead atoms. The normalized spacial score (nSPS) is 13.3. The van der Waals surface area contributed by atoms with Gasteiger partial charge in [-0.15, -0.1) is 0 Å². The molecule has 0 aliphatic rings. The summed E-state index contributed by atoms with van der Waals surface area (Å²) in [6, 6.07) is 0. The van der Waals surface area contributed by atoms with Crippen molar-refractivity contribution in [3.63, 3.8) is 0 Å². The van der Waals surface area contributed by atoms with Crippen molar-refractivity contribution in [3.05, 3.63) is 0 Å². The number of alkyl halides is 2. The molecule has 0 fully saturated rings. The molecule has 0 N–H and O–H groups in total. The smallest absolute Gasteiger partial charge is 0.319 e. The van der Waals surface area contributed by atoms with E-state index >= 15 is 0 Å². The minimum atomic E-state index is -0.158. The Bertz CT molecular complexity index is 305. The van der Waals surface area contributed by atoms with Crippen molar-refractivity contribution in [2.45, 2.75) is 87.7 Å². The number of hydrogen-bond donors (Lipinski definition) is 0. The van der Waals surface area contributed by atoms with Crippen LogP contribution in [0.2, 0.25) is 0 Å². The number of unbranched alkanes of at least 4 members (excludes halogenated alkanes) is 7. The van der Waals surface area contributed by atoms with Crippen LogP contribution in [0, 0.1) is 0 Å². The van der Waals surface area contributed by atoms with Crippen LogP contribution in [0.5, 0.6) is 0 Å². The lowest BCUT2D eigenvalue weighted by Gasteiger charge is -2.09. The fourth-order valence-electron chi connectivity index (χ4n) is 2.41. The lowest BCUT2D eigenvalue weighted by Crippen LogP contribution is -2.17. The molecule has 0 saturated carbocycles. The van der Waals surface area contributed by atoms with Crippen molar-refractivity contribution < 1.29 is 19.1 Å². The average molecular weight is 472 g/mol. The fraction of sp³-hybridized carbons (Fsp3) is 0.889. The molecule has 0 heterocycles. The van der Waals surface area contributed by atoms with Crippen LogP contribution in [0.4, 0.5) is 0 Å². The molecule has 24 heavy (non-hydrogen) atoms. The summed E-state index contributed by atoms with van der Waals surface area (Å²) in [5.41, 5.74) is 0. The van der Waals surface area contributed by atoms with Gasteiger partial charge in [-0.1, -0.05) is 83.2 Å². The van der Waals surface area contributed by atoms with Crippen LogP contribution in [0.25, 0.3) is 0 Å². The maximum absolute atomic E-state index is 11.4. The summed E-state index contributed by atoms with van der Waals surface area (Å²) >= 11 is 6.75. The van der Waals surface area contributed by atoms with Gasteiger partial charge in [0.15, 0.2) is 0 Å². The number of carbonyl (C=O) groups is 2. The number of rotatable bonds is 15. The van der Waals surface area contributed by atoms with Gasteiger partial charge < -0.3 is 9.47 Å². The van der Waals surface area contributed by atoms with E-state index in [0.717, 1.165) is 38.5 Å². The molecular formula is C18H32Br2O4. The molecule has 6 heteroatoms. The lowest BCUT2D eigenvalue weighted by atomic mass is 10.1. The van der Waals surface area contributed by atoms with Crippen LogP contribution in [0.15, 0.2) is 0 Å². The van der Waals surface area contributed by atoms with Gasteiger partial charge in [0.05, 0.1) is 13.2 Å². The van der Waals surface area contributed by atoms with Gasteiger partial charge >= 0.3 is 11.9 Å². The molecule has 0 saturated heterocycles. The molecule has 2 atom stereocenters. The zero-order valence-corrected chi connectivity index (χ0v) is 18.2. The highest BCUT2D eigenvalue weighted by Crippen LogP contribution is 2.17. The zero-order chi connectivity index (χ0) is 18.2. The van der Waals surface area contributed by atoms with Gasteiger partial charge in [0.25, 0.3) is 0 Å². The number of ether oxygens (including phenoxy) is 2. The number of esters is 2. The monoisotopic (exact) mass is 470 g/mol. The van der Waals surface area contributed by atoms with Gasteiger partial charge in [-0.05, 0) is 26.7 Å². The van der Waals surface area contributed by atoms with E-state index < -0.39 is 0 Å². The van der Waals surface area contributed by atoms with E-state index in [1.54, 1.807) is 0 Å². The predicted octanol–water partition coefficient (Wildman–Crippen LogP) is 5.54. The van der Waals surface area contributed by atoms with Crippen LogP contribution in [0.3, 0.4) is 0 Å². The molecule has 0 spiro atoms. The van der Waals surface area contributed by atoms with Gasteiger partial charge in [0.1, 0.15) is 9.65 Å². The van der Waals surface area contributed by atoms with Crippen LogP contribution < -0.4 is 0 Å². The topological polar surface area (TPSA) is 52.6 Å². The molecule has 2 unspecified atom stereocenters. The number of halogens is 2. The Labute approximate surface area is 163 Å². The predicted molar refractivity (Wildman–Crippen MR) is 105 cm³/mol. The first-order chi connectivity index (χ1) is 11.5. The first-order valence-corrected chi connectivity index (χ1v) is 11.0. The van der Waals surface area contributed by atoms with E-state index in [0.29, 0.717) is 13.2 Å². The molecule has 0 radical (unpaired) electrons. The van der Waals surface area contributed by atoms with Crippen LogP contribution in [-0.4, -0.2) is 34.8 Å². The molecule has 0 aromatic carbocycles. The molecule has 0 aliphatic carbocycles. The Morgan fingerprint density at radius 2 is 0.958 bits per heavy atom. The largest absolute Gasteiger partial charge is 0.465 e. The second-order valence-corrected chi connectivity index (χ2v) is 8.06. The van der Waals surface area contributed by atoms with Crippen LogP contribution >= 0.6 is 31.9 Å². The summed E-state index contributed by atoms with van der Waals surface area (Å²) in [4.78, 5) is 22.6. The van der Waals surface area contributed by atoms with Gasteiger partial charge in [-0.2, -0.15) is 0 Å². The Morgan fingerprint density at radius 3 is 1.25 bits per heavy atom. The van der Waals surface area contributed by atoms with Crippen LogP contribution in [0.1, 0.15) is 78.1 Å². The van der Waals surface area contributed by atoms with Gasteiger partial charge in [-0.3, -0.25) is 9.59 Å². The highest BCUT2D eigenvalue weighted by atomic mass is 79.9. The molecular weight excluding hydrogens is 440 g/mol. The van der Waals surface area contributed by atoms with E-state index in [1.807, 2.05) is 13.8 Å². The minimum absolute atomic E-state index is 0.148. The van der Waals surface area contributed by atoms with Crippen LogP contribution in [-0.2, 0) is 19.1 Å². The van der Waals surface area contributed by atoms with Crippen molar-refractivity contribution in [2.24, 2.45) is 0 Å². The van der Waals surface area contributed by atoms with Crippen molar-refractivity contribution in [1.29, 1.82) is 0 Å². The summed E-state index contributed by atoms with van der Waals surface area (Å²) < 4.78 is 9.93. The van der Waals surface area contributed by atoms with Crippen molar-refractivity contribution in [3.8, 4) is 0 Å². The molecule has 0 aromatic heterocycles. The molecule has 0 rings (SSSR count). The van der Waals surface area contributed by atoms with Crippen molar-refractivity contribution in [2.75, 3.05) is 13.2 Å².